The van der Waals surface area contributed by atoms with Crippen molar-refractivity contribution in [1.29, 1.82) is 0 Å². The summed E-state index contributed by atoms with van der Waals surface area (Å²) in [6, 6.07) is 10.4. The SMILES string of the molecule is Cc1ccc(C)n1CCOc1cccc(F)c1. The smallest absolute Gasteiger partial charge is 0.126 e. The molecule has 0 fully saturated rings. The van der Waals surface area contributed by atoms with Crippen LogP contribution < -0.4 is 4.74 Å². The number of halogens is 1. The average molecular weight is 233 g/mol. The first-order valence-electron chi connectivity index (χ1n) is 5.68. The lowest BCUT2D eigenvalue weighted by atomic mass is 10.3. The first kappa shape index (κ1) is 11.7. The zero-order chi connectivity index (χ0) is 12.3. The maximum absolute atomic E-state index is 12.9. The molecule has 0 saturated carbocycles. The lowest BCUT2D eigenvalue weighted by Crippen LogP contribution is -2.10. The minimum Gasteiger partial charge on any atom is -0.492 e. The molecule has 1 heterocycles. The molecule has 1 aromatic carbocycles. The summed E-state index contributed by atoms with van der Waals surface area (Å²) in [6.07, 6.45) is 0. The second-order valence-electron chi connectivity index (χ2n) is 4.07. The summed E-state index contributed by atoms with van der Waals surface area (Å²) in [6.45, 7) is 5.45. The van der Waals surface area contributed by atoms with Crippen LogP contribution >= 0.6 is 0 Å². The van der Waals surface area contributed by atoms with E-state index in [9.17, 15) is 4.39 Å². The molecule has 2 rings (SSSR count). The molecule has 1 aromatic heterocycles. The van der Waals surface area contributed by atoms with Crippen LogP contribution in [0.3, 0.4) is 0 Å². The highest BCUT2D eigenvalue weighted by Gasteiger charge is 2.01. The van der Waals surface area contributed by atoms with E-state index in [0.717, 1.165) is 6.54 Å². The molecule has 2 aromatic rings. The Bertz CT molecular complexity index is 485. The van der Waals surface area contributed by atoms with Gasteiger partial charge >= 0.3 is 0 Å². The number of nitrogens with zero attached hydrogens (tertiary/aromatic N) is 1. The molecule has 0 aliphatic heterocycles. The van der Waals surface area contributed by atoms with Gasteiger partial charge in [0.25, 0.3) is 0 Å². The molecule has 0 saturated heterocycles. The average Bonchev–Trinajstić information content (AvgIpc) is 2.61. The lowest BCUT2D eigenvalue weighted by Gasteiger charge is -2.10. The summed E-state index contributed by atoms with van der Waals surface area (Å²) in [4.78, 5) is 0. The second-order valence-corrected chi connectivity index (χ2v) is 4.07. The molecular formula is C14H16FNO. The van der Waals surface area contributed by atoms with Gasteiger partial charge in [-0.3, -0.25) is 0 Å². The molecular weight excluding hydrogens is 217 g/mol. The predicted octanol–water partition coefficient (Wildman–Crippen LogP) is 3.32. The van der Waals surface area contributed by atoms with Gasteiger partial charge < -0.3 is 9.30 Å². The topological polar surface area (TPSA) is 14.2 Å². The molecule has 3 heteroatoms. The standard InChI is InChI=1S/C14H16FNO/c1-11-6-7-12(2)16(11)8-9-17-14-5-3-4-13(15)10-14/h3-7,10H,8-9H2,1-2H3. The van der Waals surface area contributed by atoms with Crippen LogP contribution in [0.5, 0.6) is 5.75 Å². The highest BCUT2D eigenvalue weighted by molar-refractivity contribution is 5.22. The largest absolute Gasteiger partial charge is 0.492 e. The van der Waals surface area contributed by atoms with Crippen molar-refractivity contribution in [1.82, 2.24) is 4.57 Å². The molecule has 0 unspecified atom stereocenters. The van der Waals surface area contributed by atoms with Crippen LogP contribution in [0.15, 0.2) is 36.4 Å². The maximum Gasteiger partial charge on any atom is 0.126 e. The van der Waals surface area contributed by atoms with E-state index in [1.54, 1.807) is 12.1 Å². The van der Waals surface area contributed by atoms with Gasteiger partial charge in [-0.15, -0.1) is 0 Å². The molecule has 17 heavy (non-hydrogen) atoms. The van der Waals surface area contributed by atoms with E-state index in [2.05, 4.69) is 30.5 Å². The second kappa shape index (κ2) is 5.04. The van der Waals surface area contributed by atoms with Gasteiger partial charge in [-0.1, -0.05) is 6.07 Å². The lowest BCUT2D eigenvalue weighted by molar-refractivity contribution is 0.295. The van der Waals surface area contributed by atoms with Crippen molar-refractivity contribution < 1.29 is 9.13 Å². The molecule has 0 N–H and O–H groups in total. The van der Waals surface area contributed by atoms with Crippen LogP contribution in [0.1, 0.15) is 11.4 Å². The number of hydrogen-bond acceptors (Lipinski definition) is 1. The molecule has 90 valence electrons. The first-order chi connectivity index (χ1) is 8.16. The summed E-state index contributed by atoms with van der Waals surface area (Å²) < 4.78 is 20.6. The van der Waals surface area contributed by atoms with E-state index in [1.165, 1.54) is 23.5 Å². The molecule has 0 aliphatic carbocycles. The van der Waals surface area contributed by atoms with Crippen LogP contribution in [0.2, 0.25) is 0 Å². The Morgan fingerprint density at radius 1 is 1.12 bits per heavy atom. The highest BCUT2D eigenvalue weighted by Crippen LogP contribution is 2.12. The quantitative estimate of drug-likeness (QED) is 0.790. The monoisotopic (exact) mass is 233 g/mol. The molecule has 0 bridgehead atoms. The van der Waals surface area contributed by atoms with Crippen LogP contribution in [0.25, 0.3) is 0 Å². The van der Waals surface area contributed by atoms with Crippen LogP contribution in [-0.2, 0) is 6.54 Å². The molecule has 0 radical (unpaired) electrons. The van der Waals surface area contributed by atoms with Crippen molar-refractivity contribution in [3.63, 3.8) is 0 Å². The van der Waals surface area contributed by atoms with Gasteiger partial charge in [-0.2, -0.15) is 0 Å². The Kier molecular flexibility index (Phi) is 3.47. The fourth-order valence-corrected chi connectivity index (χ4v) is 1.86. The number of aryl methyl sites for hydroxylation is 2. The number of hydrogen-bond donors (Lipinski definition) is 0. The zero-order valence-electron chi connectivity index (χ0n) is 10.1. The van der Waals surface area contributed by atoms with E-state index < -0.39 is 0 Å². The van der Waals surface area contributed by atoms with Gasteiger partial charge in [-0.05, 0) is 38.1 Å². The van der Waals surface area contributed by atoms with Crippen molar-refractivity contribution >= 4 is 0 Å². The summed E-state index contributed by atoms with van der Waals surface area (Å²) in [5, 5.41) is 0. The third kappa shape index (κ3) is 2.87. The van der Waals surface area contributed by atoms with E-state index in [0.29, 0.717) is 12.4 Å². The van der Waals surface area contributed by atoms with Gasteiger partial charge in [0.15, 0.2) is 0 Å². The Balaban J connectivity index is 1.92. The van der Waals surface area contributed by atoms with Gasteiger partial charge in [0.1, 0.15) is 18.2 Å². The Hall–Kier alpha value is -1.77. The van der Waals surface area contributed by atoms with Crippen LogP contribution in [0, 0.1) is 19.7 Å². The minimum absolute atomic E-state index is 0.268. The fourth-order valence-electron chi connectivity index (χ4n) is 1.86. The van der Waals surface area contributed by atoms with Crippen LogP contribution in [-0.4, -0.2) is 11.2 Å². The number of ether oxygens (including phenoxy) is 1. The van der Waals surface area contributed by atoms with Gasteiger partial charge in [0.2, 0.25) is 0 Å². The first-order valence-corrected chi connectivity index (χ1v) is 5.68. The molecule has 0 spiro atoms. The highest BCUT2D eigenvalue weighted by atomic mass is 19.1. The summed E-state index contributed by atoms with van der Waals surface area (Å²) in [5.74, 6) is 0.309. The maximum atomic E-state index is 12.9. The predicted molar refractivity (Wildman–Crippen MR) is 65.8 cm³/mol. The van der Waals surface area contributed by atoms with E-state index in [-0.39, 0.29) is 5.82 Å². The Morgan fingerprint density at radius 3 is 2.47 bits per heavy atom. The third-order valence-corrected chi connectivity index (χ3v) is 2.80. The molecule has 0 aliphatic rings. The summed E-state index contributed by atoms with van der Waals surface area (Å²) >= 11 is 0. The Morgan fingerprint density at radius 2 is 1.82 bits per heavy atom. The number of aromatic nitrogens is 1. The van der Waals surface area contributed by atoms with Crippen molar-refractivity contribution in [3.05, 3.63) is 53.6 Å². The van der Waals surface area contributed by atoms with E-state index >= 15 is 0 Å². The van der Waals surface area contributed by atoms with Gasteiger partial charge in [0.05, 0.1) is 6.54 Å². The molecule has 2 nitrogen and oxygen atoms in total. The van der Waals surface area contributed by atoms with Gasteiger partial charge in [-0.25, -0.2) is 4.39 Å². The normalized spacial score (nSPS) is 10.5. The molecule has 0 amide bonds. The number of rotatable bonds is 4. The minimum atomic E-state index is -0.268. The van der Waals surface area contributed by atoms with E-state index in [1.807, 2.05) is 0 Å². The molecule has 0 atom stereocenters. The Labute approximate surface area is 101 Å². The van der Waals surface area contributed by atoms with E-state index in [4.69, 9.17) is 4.74 Å². The van der Waals surface area contributed by atoms with Crippen molar-refractivity contribution in [3.8, 4) is 5.75 Å². The van der Waals surface area contributed by atoms with Crippen molar-refractivity contribution in [2.24, 2.45) is 0 Å². The van der Waals surface area contributed by atoms with Crippen molar-refractivity contribution in [2.75, 3.05) is 6.61 Å². The number of benzene rings is 1. The van der Waals surface area contributed by atoms with Gasteiger partial charge in [0, 0.05) is 17.5 Å². The van der Waals surface area contributed by atoms with Crippen molar-refractivity contribution in [2.45, 2.75) is 20.4 Å². The van der Waals surface area contributed by atoms with Crippen LogP contribution in [0.4, 0.5) is 4.39 Å². The summed E-state index contributed by atoms with van der Waals surface area (Å²) in [5.41, 5.74) is 2.43. The zero-order valence-corrected chi connectivity index (χ0v) is 10.1. The summed E-state index contributed by atoms with van der Waals surface area (Å²) in [7, 11) is 0. The fraction of sp³-hybridized carbons (Fsp3) is 0.286. The third-order valence-electron chi connectivity index (χ3n) is 2.80.